The Labute approximate surface area is 191 Å². The monoisotopic (exact) mass is 440 g/mol. The Bertz CT molecular complexity index is 1330. The number of carbonyl (C=O) groups excluding carboxylic acids is 2. The first-order valence-electron chi connectivity index (χ1n) is 10.8. The van der Waals surface area contributed by atoms with Crippen molar-refractivity contribution in [3.63, 3.8) is 0 Å². The maximum absolute atomic E-state index is 12.6. The SMILES string of the molecule is O=C(NCCC[C@H](NC(=O)c1ccc2ccccc2c1)C(=O)O)c1ccc2ccccc2c1. The first kappa shape index (κ1) is 22.0. The number of hydrogen-bond donors (Lipinski definition) is 3. The molecule has 0 aliphatic rings. The molecule has 3 N–H and O–H groups in total. The summed E-state index contributed by atoms with van der Waals surface area (Å²) >= 11 is 0. The van der Waals surface area contributed by atoms with Gasteiger partial charge < -0.3 is 15.7 Å². The van der Waals surface area contributed by atoms with Crippen molar-refractivity contribution in [2.75, 3.05) is 6.54 Å². The molecule has 0 saturated carbocycles. The lowest BCUT2D eigenvalue weighted by molar-refractivity contribution is -0.139. The van der Waals surface area contributed by atoms with Gasteiger partial charge >= 0.3 is 5.97 Å². The Morgan fingerprint density at radius 2 is 1.21 bits per heavy atom. The molecule has 0 radical (unpaired) electrons. The van der Waals surface area contributed by atoms with E-state index in [4.69, 9.17) is 0 Å². The molecule has 0 aliphatic heterocycles. The van der Waals surface area contributed by atoms with Gasteiger partial charge in [-0.2, -0.15) is 0 Å². The van der Waals surface area contributed by atoms with Crippen LogP contribution in [0.25, 0.3) is 21.5 Å². The molecule has 0 spiro atoms. The first-order valence-corrected chi connectivity index (χ1v) is 10.8. The van der Waals surface area contributed by atoms with Gasteiger partial charge in [-0.05, 0) is 58.7 Å². The molecule has 0 heterocycles. The Morgan fingerprint density at radius 1 is 0.697 bits per heavy atom. The number of nitrogens with one attached hydrogen (secondary N) is 2. The fourth-order valence-corrected chi connectivity index (χ4v) is 3.77. The lowest BCUT2D eigenvalue weighted by atomic mass is 10.1. The van der Waals surface area contributed by atoms with E-state index in [1.54, 1.807) is 18.2 Å². The molecular weight excluding hydrogens is 416 g/mol. The predicted octanol–water partition coefficient (Wildman–Crippen LogP) is 4.39. The minimum absolute atomic E-state index is 0.201. The fourth-order valence-electron chi connectivity index (χ4n) is 3.77. The molecule has 4 aromatic rings. The zero-order valence-corrected chi connectivity index (χ0v) is 18.0. The number of aliphatic carboxylic acids is 1. The van der Waals surface area contributed by atoms with E-state index in [1.165, 1.54) is 0 Å². The summed E-state index contributed by atoms with van der Waals surface area (Å²) < 4.78 is 0. The van der Waals surface area contributed by atoms with Crippen LogP contribution in [0.5, 0.6) is 0 Å². The standard InChI is InChI=1S/C27H24N2O4/c30-25(22-13-11-18-6-1-3-8-20(18)16-22)28-15-5-10-24(27(32)33)29-26(31)23-14-12-19-7-2-4-9-21(19)17-23/h1-4,6-9,11-14,16-17,24H,5,10,15H2,(H,28,30)(H,29,31)(H,32,33)/t24-/m0/s1. The van der Waals surface area contributed by atoms with Gasteiger partial charge in [0.05, 0.1) is 0 Å². The molecule has 0 aliphatic carbocycles. The molecule has 0 bridgehead atoms. The van der Waals surface area contributed by atoms with Crippen LogP contribution in [0.3, 0.4) is 0 Å². The van der Waals surface area contributed by atoms with Crippen LogP contribution in [0.4, 0.5) is 0 Å². The normalized spacial score (nSPS) is 11.8. The molecule has 0 aromatic heterocycles. The third-order valence-corrected chi connectivity index (χ3v) is 5.58. The quantitative estimate of drug-likeness (QED) is 0.354. The van der Waals surface area contributed by atoms with Crippen molar-refractivity contribution in [1.29, 1.82) is 0 Å². The summed E-state index contributed by atoms with van der Waals surface area (Å²) in [6.45, 7) is 0.307. The number of benzene rings is 4. The molecule has 0 fully saturated rings. The number of fused-ring (bicyclic) bond motifs is 2. The van der Waals surface area contributed by atoms with Crippen molar-refractivity contribution in [2.24, 2.45) is 0 Å². The highest BCUT2D eigenvalue weighted by atomic mass is 16.4. The van der Waals surface area contributed by atoms with Crippen molar-refractivity contribution in [2.45, 2.75) is 18.9 Å². The number of hydrogen-bond acceptors (Lipinski definition) is 3. The second-order valence-electron chi connectivity index (χ2n) is 7.89. The highest BCUT2D eigenvalue weighted by Gasteiger charge is 2.20. The van der Waals surface area contributed by atoms with Crippen molar-refractivity contribution < 1.29 is 19.5 Å². The van der Waals surface area contributed by atoms with E-state index in [0.29, 0.717) is 24.1 Å². The molecule has 0 unspecified atom stereocenters. The van der Waals surface area contributed by atoms with E-state index in [2.05, 4.69) is 10.6 Å². The summed E-state index contributed by atoms with van der Waals surface area (Å²) in [7, 11) is 0. The first-order chi connectivity index (χ1) is 16.0. The Kier molecular flexibility index (Phi) is 6.64. The van der Waals surface area contributed by atoms with Crippen LogP contribution in [0, 0.1) is 0 Å². The molecule has 6 heteroatoms. The van der Waals surface area contributed by atoms with Gasteiger partial charge in [-0.15, -0.1) is 0 Å². The van der Waals surface area contributed by atoms with E-state index in [-0.39, 0.29) is 12.3 Å². The minimum Gasteiger partial charge on any atom is -0.480 e. The summed E-state index contributed by atoms with van der Waals surface area (Å²) in [4.78, 5) is 36.7. The molecule has 0 saturated heterocycles. The van der Waals surface area contributed by atoms with Crippen LogP contribution in [0.1, 0.15) is 33.6 Å². The highest BCUT2D eigenvalue weighted by Crippen LogP contribution is 2.17. The smallest absolute Gasteiger partial charge is 0.326 e. The summed E-state index contributed by atoms with van der Waals surface area (Å²) in [6.07, 6.45) is 0.612. The van der Waals surface area contributed by atoms with Gasteiger partial charge in [0.15, 0.2) is 0 Å². The van der Waals surface area contributed by atoms with E-state index in [9.17, 15) is 19.5 Å². The highest BCUT2D eigenvalue weighted by molar-refractivity contribution is 6.00. The number of amides is 2. The largest absolute Gasteiger partial charge is 0.480 e. The van der Waals surface area contributed by atoms with Crippen LogP contribution in [-0.2, 0) is 4.79 Å². The summed E-state index contributed by atoms with van der Waals surface area (Å²) in [6, 6.07) is 25.2. The summed E-state index contributed by atoms with van der Waals surface area (Å²) in [5.74, 6) is -1.76. The summed E-state index contributed by atoms with van der Waals surface area (Å²) in [5, 5.41) is 18.9. The Morgan fingerprint density at radius 3 is 1.76 bits per heavy atom. The average molecular weight is 440 g/mol. The van der Waals surface area contributed by atoms with Gasteiger partial charge in [0.1, 0.15) is 6.04 Å². The second kappa shape index (κ2) is 9.96. The Balaban J connectivity index is 1.31. The molecular formula is C27H24N2O4. The molecule has 4 rings (SSSR count). The average Bonchev–Trinajstić information content (AvgIpc) is 2.84. The zero-order valence-electron chi connectivity index (χ0n) is 18.0. The fraction of sp³-hybridized carbons (Fsp3) is 0.148. The minimum atomic E-state index is -1.11. The summed E-state index contributed by atoms with van der Waals surface area (Å²) in [5.41, 5.74) is 0.956. The third kappa shape index (κ3) is 5.36. The van der Waals surface area contributed by atoms with Crippen molar-refractivity contribution >= 4 is 39.3 Å². The van der Waals surface area contributed by atoms with Crippen LogP contribution < -0.4 is 10.6 Å². The Hall–Kier alpha value is -4.19. The predicted molar refractivity (Wildman–Crippen MR) is 128 cm³/mol. The molecule has 33 heavy (non-hydrogen) atoms. The van der Waals surface area contributed by atoms with Gasteiger partial charge in [-0.1, -0.05) is 60.7 Å². The topological polar surface area (TPSA) is 95.5 Å². The van der Waals surface area contributed by atoms with Crippen LogP contribution in [0.15, 0.2) is 84.9 Å². The second-order valence-corrected chi connectivity index (χ2v) is 7.89. The third-order valence-electron chi connectivity index (χ3n) is 5.58. The van der Waals surface area contributed by atoms with Gasteiger partial charge in [0.2, 0.25) is 0 Å². The number of rotatable bonds is 8. The molecule has 4 aromatic carbocycles. The molecule has 1 atom stereocenters. The number of carbonyl (C=O) groups is 3. The van der Waals surface area contributed by atoms with E-state index in [0.717, 1.165) is 21.5 Å². The van der Waals surface area contributed by atoms with Crippen molar-refractivity contribution in [1.82, 2.24) is 10.6 Å². The van der Waals surface area contributed by atoms with E-state index >= 15 is 0 Å². The maximum Gasteiger partial charge on any atom is 0.326 e. The van der Waals surface area contributed by atoms with Gasteiger partial charge in [-0.25, -0.2) is 4.79 Å². The van der Waals surface area contributed by atoms with Crippen LogP contribution in [-0.4, -0.2) is 35.5 Å². The molecule has 166 valence electrons. The maximum atomic E-state index is 12.6. The van der Waals surface area contributed by atoms with Gasteiger partial charge in [-0.3, -0.25) is 9.59 Å². The van der Waals surface area contributed by atoms with Gasteiger partial charge in [0, 0.05) is 17.7 Å². The van der Waals surface area contributed by atoms with E-state index in [1.807, 2.05) is 66.7 Å². The van der Waals surface area contributed by atoms with Crippen molar-refractivity contribution in [3.05, 3.63) is 96.1 Å². The van der Waals surface area contributed by atoms with Crippen LogP contribution in [0.2, 0.25) is 0 Å². The van der Waals surface area contributed by atoms with Crippen LogP contribution >= 0.6 is 0 Å². The molecule has 6 nitrogen and oxygen atoms in total. The van der Waals surface area contributed by atoms with E-state index < -0.39 is 17.9 Å². The number of carboxylic acids is 1. The van der Waals surface area contributed by atoms with Crippen molar-refractivity contribution in [3.8, 4) is 0 Å². The lowest BCUT2D eigenvalue weighted by Crippen LogP contribution is -2.41. The van der Waals surface area contributed by atoms with Gasteiger partial charge in [0.25, 0.3) is 11.8 Å². The molecule has 2 amide bonds. The lowest BCUT2D eigenvalue weighted by Gasteiger charge is -2.15. The zero-order chi connectivity index (χ0) is 23.2. The number of carboxylic acid groups (broad SMARTS) is 1.